The van der Waals surface area contributed by atoms with E-state index in [0.29, 0.717) is 50.4 Å². The molecule has 1 saturated heterocycles. The molecule has 146 valence electrons. The number of unbranched alkanes of at least 4 members (excludes halogenated alkanes) is 1. The van der Waals surface area contributed by atoms with E-state index in [0.717, 1.165) is 0 Å². The predicted octanol–water partition coefficient (Wildman–Crippen LogP) is 1.71. The number of benzene rings is 1. The second-order valence-electron chi connectivity index (χ2n) is 6.41. The zero-order valence-electron chi connectivity index (χ0n) is 14.9. The maximum Gasteiger partial charge on any atom is 0.309 e. The molecule has 1 aromatic carbocycles. The molecule has 0 aromatic heterocycles. The Bertz CT molecular complexity index is 825. The summed E-state index contributed by atoms with van der Waals surface area (Å²) >= 11 is 0. The second-order valence-corrected chi connectivity index (χ2v) is 8.35. The Balaban J connectivity index is 1.58. The Labute approximate surface area is 158 Å². The first kappa shape index (κ1) is 19.5. The molecule has 2 aliphatic heterocycles. The Kier molecular flexibility index (Phi) is 6.19. The molecule has 0 amide bonds. The molecule has 2 aliphatic rings. The number of nitrogens with zero attached hydrogens (tertiary/aromatic N) is 2. The summed E-state index contributed by atoms with van der Waals surface area (Å²) in [5.41, 5.74) is 0. The van der Waals surface area contributed by atoms with Gasteiger partial charge in [0.1, 0.15) is 13.2 Å². The van der Waals surface area contributed by atoms with Crippen LogP contribution in [0.5, 0.6) is 11.5 Å². The van der Waals surface area contributed by atoms with Gasteiger partial charge < -0.3 is 14.2 Å². The summed E-state index contributed by atoms with van der Waals surface area (Å²) in [5, 5.41) is 8.48. The van der Waals surface area contributed by atoms with Crippen molar-refractivity contribution in [1.82, 2.24) is 4.31 Å². The molecule has 2 heterocycles. The van der Waals surface area contributed by atoms with Crippen LogP contribution in [0, 0.1) is 17.2 Å². The Morgan fingerprint density at radius 1 is 1.22 bits per heavy atom. The molecule has 0 unspecified atom stereocenters. The molecule has 0 bridgehead atoms. The van der Waals surface area contributed by atoms with Crippen LogP contribution >= 0.6 is 0 Å². The van der Waals surface area contributed by atoms with Crippen LogP contribution < -0.4 is 9.47 Å². The minimum atomic E-state index is -3.66. The van der Waals surface area contributed by atoms with Gasteiger partial charge in [-0.15, -0.1) is 0 Å². The smallest absolute Gasteiger partial charge is 0.309 e. The third kappa shape index (κ3) is 4.51. The molecular weight excluding hydrogens is 372 g/mol. The summed E-state index contributed by atoms with van der Waals surface area (Å²) in [6, 6.07) is 6.60. The topological polar surface area (TPSA) is 106 Å². The zero-order valence-corrected chi connectivity index (χ0v) is 15.7. The molecule has 0 spiro atoms. The van der Waals surface area contributed by atoms with Gasteiger partial charge in [-0.25, -0.2) is 8.42 Å². The van der Waals surface area contributed by atoms with E-state index in [1.54, 1.807) is 6.07 Å². The fourth-order valence-electron chi connectivity index (χ4n) is 3.11. The highest BCUT2D eigenvalue weighted by Crippen LogP contribution is 2.34. The lowest BCUT2D eigenvalue weighted by Crippen LogP contribution is -2.40. The number of hydrogen-bond acceptors (Lipinski definition) is 7. The second kappa shape index (κ2) is 8.59. The standard InChI is InChI=1S/C18H22N2O6S/c19-7-1-2-10-26-18(21)14-5-8-20(9-6-14)27(22,23)15-3-4-16-17(13-15)25-12-11-24-16/h3-4,13-14H,1-2,5-6,8-12H2. The van der Waals surface area contributed by atoms with Crippen LogP contribution in [0.1, 0.15) is 25.7 Å². The Morgan fingerprint density at radius 2 is 1.93 bits per heavy atom. The molecule has 3 rings (SSSR count). The monoisotopic (exact) mass is 394 g/mol. The fraction of sp³-hybridized carbons (Fsp3) is 0.556. The molecule has 0 N–H and O–H groups in total. The van der Waals surface area contributed by atoms with E-state index in [1.807, 2.05) is 6.07 Å². The van der Waals surface area contributed by atoms with Crippen molar-refractivity contribution in [2.75, 3.05) is 32.9 Å². The molecule has 9 heteroatoms. The summed E-state index contributed by atoms with van der Waals surface area (Å²) in [5.74, 6) is 0.347. The summed E-state index contributed by atoms with van der Waals surface area (Å²) in [6.07, 6.45) is 1.70. The number of fused-ring (bicyclic) bond motifs is 1. The first-order chi connectivity index (χ1) is 13.0. The van der Waals surface area contributed by atoms with Crippen molar-refractivity contribution in [2.45, 2.75) is 30.6 Å². The number of rotatable bonds is 6. The predicted molar refractivity (Wildman–Crippen MR) is 94.7 cm³/mol. The highest BCUT2D eigenvalue weighted by atomic mass is 32.2. The molecular formula is C18H22N2O6S. The minimum Gasteiger partial charge on any atom is -0.486 e. The number of carbonyl (C=O) groups is 1. The van der Waals surface area contributed by atoms with Crippen molar-refractivity contribution in [2.24, 2.45) is 5.92 Å². The molecule has 0 atom stereocenters. The van der Waals surface area contributed by atoms with Crippen molar-refractivity contribution < 1.29 is 27.4 Å². The molecule has 0 aliphatic carbocycles. The van der Waals surface area contributed by atoms with Gasteiger partial charge in [0, 0.05) is 25.6 Å². The summed E-state index contributed by atoms with van der Waals surface area (Å²) in [4.78, 5) is 12.2. The maximum absolute atomic E-state index is 12.9. The van der Waals surface area contributed by atoms with Gasteiger partial charge in [-0.3, -0.25) is 4.79 Å². The van der Waals surface area contributed by atoms with E-state index >= 15 is 0 Å². The van der Waals surface area contributed by atoms with Gasteiger partial charge in [-0.1, -0.05) is 0 Å². The number of sulfonamides is 1. The molecule has 27 heavy (non-hydrogen) atoms. The lowest BCUT2D eigenvalue weighted by Gasteiger charge is -2.30. The van der Waals surface area contributed by atoms with Crippen molar-refractivity contribution in [3.05, 3.63) is 18.2 Å². The van der Waals surface area contributed by atoms with Crippen LogP contribution in [-0.2, 0) is 19.6 Å². The number of nitriles is 1. The van der Waals surface area contributed by atoms with Crippen LogP contribution in [0.4, 0.5) is 0 Å². The first-order valence-electron chi connectivity index (χ1n) is 8.96. The quantitative estimate of drug-likeness (QED) is 0.534. The van der Waals surface area contributed by atoms with E-state index in [2.05, 4.69) is 0 Å². The summed E-state index contributed by atoms with van der Waals surface area (Å²) < 4.78 is 43.2. The zero-order chi connectivity index (χ0) is 19.3. The molecule has 0 radical (unpaired) electrons. The van der Waals surface area contributed by atoms with Crippen molar-refractivity contribution in [3.8, 4) is 17.6 Å². The van der Waals surface area contributed by atoms with Gasteiger partial charge >= 0.3 is 5.97 Å². The third-order valence-corrected chi connectivity index (χ3v) is 6.51. The number of esters is 1. The molecule has 0 saturated carbocycles. The number of ether oxygens (including phenoxy) is 3. The van der Waals surface area contributed by atoms with Crippen LogP contribution in [0.3, 0.4) is 0 Å². The lowest BCUT2D eigenvalue weighted by molar-refractivity contribution is -0.149. The van der Waals surface area contributed by atoms with E-state index in [-0.39, 0.29) is 36.5 Å². The number of piperidine rings is 1. The van der Waals surface area contributed by atoms with E-state index < -0.39 is 10.0 Å². The van der Waals surface area contributed by atoms with Gasteiger partial charge in [0.15, 0.2) is 11.5 Å². The highest BCUT2D eigenvalue weighted by Gasteiger charge is 2.33. The van der Waals surface area contributed by atoms with Crippen LogP contribution in [0.2, 0.25) is 0 Å². The summed E-state index contributed by atoms with van der Waals surface area (Å²) in [7, 11) is -3.66. The van der Waals surface area contributed by atoms with Crippen LogP contribution in [-0.4, -0.2) is 51.6 Å². The van der Waals surface area contributed by atoms with Crippen LogP contribution in [0.25, 0.3) is 0 Å². The first-order valence-corrected chi connectivity index (χ1v) is 10.4. The number of hydrogen-bond donors (Lipinski definition) is 0. The lowest BCUT2D eigenvalue weighted by atomic mass is 9.98. The highest BCUT2D eigenvalue weighted by molar-refractivity contribution is 7.89. The fourth-order valence-corrected chi connectivity index (χ4v) is 4.59. The largest absolute Gasteiger partial charge is 0.486 e. The van der Waals surface area contributed by atoms with Gasteiger partial charge in [0.05, 0.1) is 23.5 Å². The van der Waals surface area contributed by atoms with Crippen molar-refractivity contribution in [1.29, 1.82) is 5.26 Å². The van der Waals surface area contributed by atoms with Crippen LogP contribution in [0.15, 0.2) is 23.1 Å². The molecule has 8 nitrogen and oxygen atoms in total. The van der Waals surface area contributed by atoms with Gasteiger partial charge in [-0.2, -0.15) is 9.57 Å². The SMILES string of the molecule is N#CCCCOC(=O)C1CCN(S(=O)(=O)c2ccc3c(c2)OCCO3)CC1. The van der Waals surface area contributed by atoms with E-state index in [4.69, 9.17) is 19.5 Å². The van der Waals surface area contributed by atoms with E-state index in [9.17, 15) is 13.2 Å². The van der Waals surface area contributed by atoms with Gasteiger partial charge in [0.2, 0.25) is 10.0 Å². The van der Waals surface area contributed by atoms with Crippen molar-refractivity contribution >= 4 is 16.0 Å². The van der Waals surface area contributed by atoms with Crippen molar-refractivity contribution in [3.63, 3.8) is 0 Å². The average Bonchev–Trinajstić information content (AvgIpc) is 2.70. The average molecular weight is 394 g/mol. The molecule has 1 aromatic rings. The number of carbonyl (C=O) groups excluding carboxylic acids is 1. The normalized spacial score (nSPS) is 17.9. The summed E-state index contributed by atoms with van der Waals surface area (Å²) in [6.45, 7) is 1.57. The maximum atomic E-state index is 12.9. The van der Waals surface area contributed by atoms with Gasteiger partial charge in [-0.05, 0) is 31.4 Å². The third-order valence-electron chi connectivity index (χ3n) is 4.62. The van der Waals surface area contributed by atoms with E-state index in [1.165, 1.54) is 16.4 Å². The minimum absolute atomic E-state index is 0.157. The van der Waals surface area contributed by atoms with Gasteiger partial charge in [0.25, 0.3) is 0 Å². The Morgan fingerprint density at radius 3 is 2.63 bits per heavy atom. The Hall–Kier alpha value is -2.31. The molecule has 1 fully saturated rings.